The maximum atomic E-state index is 12.9. The molecule has 1 aliphatic heterocycles. The first-order chi connectivity index (χ1) is 12.1. The Labute approximate surface area is 147 Å². The summed E-state index contributed by atoms with van der Waals surface area (Å²) >= 11 is 0. The number of carboxylic acids is 1. The Hall–Kier alpha value is -2.66. The number of rotatable bonds is 6. The summed E-state index contributed by atoms with van der Waals surface area (Å²) in [5, 5.41) is 9.25. The highest BCUT2D eigenvalue weighted by Crippen LogP contribution is 2.20. The number of hydrogen-bond acceptors (Lipinski definition) is 3. The molecule has 0 aromatic heterocycles. The van der Waals surface area contributed by atoms with Crippen LogP contribution in [0.3, 0.4) is 0 Å². The van der Waals surface area contributed by atoms with Crippen LogP contribution in [0.25, 0.3) is 0 Å². The molecule has 5 nitrogen and oxygen atoms in total. The van der Waals surface area contributed by atoms with Crippen LogP contribution in [0.2, 0.25) is 0 Å². The van der Waals surface area contributed by atoms with Crippen LogP contribution in [0, 0.1) is 0 Å². The smallest absolute Gasteiger partial charge is 0.305 e. The van der Waals surface area contributed by atoms with Crippen LogP contribution in [0.4, 0.5) is 0 Å². The zero-order valence-electron chi connectivity index (χ0n) is 14.0. The van der Waals surface area contributed by atoms with Crippen LogP contribution in [-0.2, 0) is 22.7 Å². The molecule has 1 heterocycles. The van der Waals surface area contributed by atoms with E-state index >= 15 is 0 Å². The van der Waals surface area contributed by atoms with E-state index in [0.717, 1.165) is 11.1 Å². The predicted molar refractivity (Wildman–Crippen MR) is 94.8 cm³/mol. The van der Waals surface area contributed by atoms with E-state index in [1.54, 1.807) is 4.90 Å². The van der Waals surface area contributed by atoms with Crippen molar-refractivity contribution in [3.63, 3.8) is 0 Å². The van der Waals surface area contributed by atoms with Crippen LogP contribution in [0.15, 0.2) is 60.7 Å². The molecule has 2 aromatic carbocycles. The molecule has 130 valence electrons. The number of amides is 1. The molecule has 5 heteroatoms. The highest BCUT2D eigenvalue weighted by molar-refractivity contribution is 5.86. The van der Waals surface area contributed by atoms with E-state index in [1.165, 1.54) is 0 Å². The molecule has 3 rings (SSSR count). The summed E-state index contributed by atoms with van der Waals surface area (Å²) in [6.45, 7) is 2.39. The van der Waals surface area contributed by atoms with Crippen molar-refractivity contribution < 1.29 is 14.7 Å². The average molecular weight is 338 g/mol. The maximum Gasteiger partial charge on any atom is 0.305 e. The summed E-state index contributed by atoms with van der Waals surface area (Å²) in [4.78, 5) is 27.9. The van der Waals surface area contributed by atoms with Gasteiger partial charge in [-0.15, -0.1) is 0 Å². The van der Waals surface area contributed by atoms with Gasteiger partial charge in [0.2, 0.25) is 5.91 Å². The Morgan fingerprint density at radius 1 is 0.920 bits per heavy atom. The average Bonchev–Trinajstić information content (AvgIpc) is 2.62. The van der Waals surface area contributed by atoms with Crippen LogP contribution >= 0.6 is 0 Å². The molecule has 2 aromatic rings. The molecule has 1 saturated heterocycles. The van der Waals surface area contributed by atoms with Crippen molar-refractivity contribution in [2.24, 2.45) is 0 Å². The minimum Gasteiger partial charge on any atom is -0.481 e. The molecule has 0 radical (unpaired) electrons. The minimum absolute atomic E-state index is 0.103. The molecule has 0 saturated carbocycles. The molecule has 1 atom stereocenters. The molecular weight excluding hydrogens is 316 g/mol. The molecule has 1 amide bonds. The van der Waals surface area contributed by atoms with Crippen molar-refractivity contribution in [1.82, 2.24) is 9.80 Å². The lowest BCUT2D eigenvalue weighted by Crippen LogP contribution is -2.56. The molecule has 1 N–H and O–H groups in total. The van der Waals surface area contributed by atoms with Gasteiger partial charge < -0.3 is 10.0 Å². The first kappa shape index (κ1) is 17.2. The van der Waals surface area contributed by atoms with E-state index in [9.17, 15) is 14.7 Å². The van der Waals surface area contributed by atoms with E-state index in [0.29, 0.717) is 26.2 Å². The Bertz CT molecular complexity index is 718. The van der Waals surface area contributed by atoms with E-state index in [-0.39, 0.29) is 12.3 Å². The summed E-state index contributed by atoms with van der Waals surface area (Å²) in [5.74, 6) is -1.05. The van der Waals surface area contributed by atoms with Crippen molar-refractivity contribution in [2.75, 3.05) is 13.1 Å². The maximum absolute atomic E-state index is 12.9. The molecule has 0 bridgehead atoms. The van der Waals surface area contributed by atoms with E-state index in [2.05, 4.69) is 0 Å². The van der Waals surface area contributed by atoms with Gasteiger partial charge in [0.05, 0.1) is 6.42 Å². The second-order valence-corrected chi connectivity index (χ2v) is 6.32. The number of benzene rings is 2. The Kier molecular flexibility index (Phi) is 5.46. The monoisotopic (exact) mass is 338 g/mol. The molecule has 1 aliphatic rings. The number of carbonyl (C=O) groups is 2. The van der Waals surface area contributed by atoms with Gasteiger partial charge in [-0.2, -0.15) is 0 Å². The predicted octanol–water partition coefficient (Wildman–Crippen LogP) is 2.37. The number of hydrogen-bond donors (Lipinski definition) is 1. The molecule has 0 aliphatic carbocycles. The fourth-order valence-electron chi connectivity index (χ4n) is 3.23. The largest absolute Gasteiger partial charge is 0.481 e. The fourth-order valence-corrected chi connectivity index (χ4v) is 3.23. The number of carboxylic acid groups (broad SMARTS) is 1. The van der Waals surface area contributed by atoms with Crippen molar-refractivity contribution in [1.29, 1.82) is 0 Å². The minimum atomic E-state index is -0.946. The zero-order chi connectivity index (χ0) is 17.6. The second kappa shape index (κ2) is 7.94. The van der Waals surface area contributed by atoms with Gasteiger partial charge >= 0.3 is 5.97 Å². The number of nitrogens with zero attached hydrogens (tertiary/aromatic N) is 2. The number of carbonyl (C=O) groups excluding carboxylic acids is 1. The standard InChI is InChI=1S/C20H22N2O3/c23-19(24)13-18-20(25)22(15-17-9-5-2-6-10-17)12-11-21(18)14-16-7-3-1-4-8-16/h1-10,18H,11-15H2,(H,23,24). The second-order valence-electron chi connectivity index (χ2n) is 6.32. The Morgan fingerprint density at radius 3 is 2.04 bits per heavy atom. The highest BCUT2D eigenvalue weighted by Gasteiger charge is 2.36. The summed E-state index contributed by atoms with van der Waals surface area (Å²) in [6, 6.07) is 19.0. The van der Waals surface area contributed by atoms with Crippen molar-refractivity contribution >= 4 is 11.9 Å². The third-order valence-corrected chi connectivity index (χ3v) is 4.51. The van der Waals surface area contributed by atoms with Gasteiger partial charge in [-0.05, 0) is 11.1 Å². The first-order valence-electron chi connectivity index (χ1n) is 8.46. The Balaban J connectivity index is 1.74. The normalized spacial score (nSPS) is 18.3. The zero-order valence-corrected chi connectivity index (χ0v) is 14.0. The van der Waals surface area contributed by atoms with Crippen molar-refractivity contribution in [2.45, 2.75) is 25.6 Å². The molecule has 25 heavy (non-hydrogen) atoms. The van der Waals surface area contributed by atoms with Crippen LogP contribution in [0.1, 0.15) is 17.5 Å². The van der Waals surface area contributed by atoms with Crippen LogP contribution in [0.5, 0.6) is 0 Å². The Morgan fingerprint density at radius 2 is 1.48 bits per heavy atom. The van der Waals surface area contributed by atoms with Gasteiger partial charge in [-0.25, -0.2) is 0 Å². The van der Waals surface area contributed by atoms with Gasteiger partial charge in [0, 0.05) is 26.2 Å². The summed E-state index contributed by atoms with van der Waals surface area (Å²) < 4.78 is 0. The van der Waals surface area contributed by atoms with Crippen LogP contribution in [-0.4, -0.2) is 45.9 Å². The topological polar surface area (TPSA) is 60.9 Å². The van der Waals surface area contributed by atoms with E-state index in [1.807, 2.05) is 65.6 Å². The van der Waals surface area contributed by atoms with Crippen LogP contribution < -0.4 is 0 Å². The van der Waals surface area contributed by atoms with Gasteiger partial charge in [0.1, 0.15) is 6.04 Å². The SMILES string of the molecule is O=C(O)CC1C(=O)N(Cc2ccccc2)CCN1Cc1ccccc1. The molecule has 0 spiro atoms. The third-order valence-electron chi connectivity index (χ3n) is 4.51. The number of aliphatic carboxylic acids is 1. The highest BCUT2D eigenvalue weighted by atomic mass is 16.4. The third kappa shape index (κ3) is 4.45. The van der Waals surface area contributed by atoms with Gasteiger partial charge in [-0.1, -0.05) is 60.7 Å². The summed E-state index contributed by atoms with van der Waals surface area (Å²) in [5.41, 5.74) is 2.14. The quantitative estimate of drug-likeness (QED) is 0.878. The van der Waals surface area contributed by atoms with E-state index in [4.69, 9.17) is 0 Å². The summed E-state index contributed by atoms with van der Waals surface area (Å²) in [7, 11) is 0. The lowest BCUT2D eigenvalue weighted by Gasteiger charge is -2.40. The fraction of sp³-hybridized carbons (Fsp3) is 0.300. The lowest BCUT2D eigenvalue weighted by atomic mass is 10.0. The van der Waals surface area contributed by atoms with Gasteiger partial charge in [0.25, 0.3) is 0 Å². The van der Waals surface area contributed by atoms with Crippen molar-refractivity contribution in [3.8, 4) is 0 Å². The van der Waals surface area contributed by atoms with Gasteiger partial charge in [0.15, 0.2) is 0 Å². The molecular formula is C20H22N2O3. The van der Waals surface area contributed by atoms with E-state index < -0.39 is 12.0 Å². The lowest BCUT2D eigenvalue weighted by molar-refractivity contribution is -0.150. The molecule has 1 fully saturated rings. The van der Waals surface area contributed by atoms with Gasteiger partial charge in [-0.3, -0.25) is 14.5 Å². The molecule has 1 unspecified atom stereocenters. The number of piperazine rings is 1. The first-order valence-corrected chi connectivity index (χ1v) is 8.46. The van der Waals surface area contributed by atoms with Crippen molar-refractivity contribution in [3.05, 3.63) is 71.8 Å². The summed E-state index contributed by atoms with van der Waals surface area (Å²) in [6.07, 6.45) is -0.170.